The molecule has 30 heavy (non-hydrogen) atoms. The molecule has 1 heterocycles. The SMILES string of the molecule is CN=C(NCc1ccc(CN2CCCC2=O)cc1)NCC1(CC(C)C)CCCC1.I. The highest BCUT2D eigenvalue weighted by Crippen LogP contribution is 2.42. The number of aliphatic imine (C=N–C) groups is 1. The Hall–Kier alpha value is -1.31. The molecule has 168 valence electrons. The third-order valence-corrected chi connectivity index (χ3v) is 6.39. The molecule has 2 N–H and O–H groups in total. The minimum Gasteiger partial charge on any atom is -0.356 e. The van der Waals surface area contributed by atoms with E-state index < -0.39 is 0 Å². The summed E-state index contributed by atoms with van der Waals surface area (Å²) in [6.45, 7) is 8.04. The number of nitrogens with zero attached hydrogens (tertiary/aromatic N) is 2. The van der Waals surface area contributed by atoms with Crippen molar-refractivity contribution in [3.05, 3.63) is 35.4 Å². The van der Waals surface area contributed by atoms with Gasteiger partial charge in [0.15, 0.2) is 5.96 Å². The molecular formula is C24H39IN4O. The summed E-state index contributed by atoms with van der Waals surface area (Å²) in [7, 11) is 1.84. The number of halogens is 1. The van der Waals surface area contributed by atoms with Crippen molar-refractivity contribution < 1.29 is 4.79 Å². The van der Waals surface area contributed by atoms with Crippen LogP contribution in [0, 0.1) is 11.3 Å². The topological polar surface area (TPSA) is 56.7 Å². The fraction of sp³-hybridized carbons (Fsp3) is 0.667. The predicted octanol–water partition coefficient (Wildman–Crippen LogP) is 4.70. The van der Waals surface area contributed by atoms with Gasteiger partial charge >= 0.3 is 0 Å². The lowest BCUT2D eigenvalue weighted by atomic mass is 9.78. The maximum absolute atomic E-state index is 11.8. The zero-order chi connectivity index (χ0) is 20.7. The van der Waals surface area contributed by atoms with E-state index in [0.29, 0.717) is 11.8 Å². The van der Waals surface area contributed by atoms with Crippen LogP contribution in [0.1, 0.15) is 69.9 Å². The van der Waals surface area contributed by atoms with E-state index in [9.17, 15) is 4.79 Å². The van der Waals surface area contributed by atoms with Crippen molar-refractivity contribution in [1.82, 2.24) is 15.5 Å². The van der Waals surface area contributed by atoms with Crippen molar-refractivity contribution >= 4 is 35.8 Å². The van der Waals surface area contributed by atoms with Crippen molar-refractivity contribution in [2.45, 2.75) is 71.9 Å². The third kappa shape index (κ3) is 7.13. The second kappa shape index (κ2) is 11.9. The lowest BCUT2D eigenvalue weighted by Crippen LogP contribution is -2.43. The van der Waals surface area contributed by atoms with Crippen LogP contribution in [0.5, 0.6) is 0 Å². The van der Waals surface area contributed by atoms with E-state index in [1.807, 2.05) is 11.9 Å². The molecule has 1 saturated heterocycles. The first kappa shape index (κ1) is 25.0. The minimum absolute atomic E-state index is 0. The van der Waals surface area contributed by atoms with Crippen molar-refractivity contribution in [3.63, 3.8) is 0 Å². The van der Waals surface area contributed by atoms with Gasteiger partial charge in [-0.1, -0.05) is 51.0 Å². The first-order valence-corrected chi connectivity index (χ1v) is 11.3. The summed E-state index contributed by atoms with van der Waals surface area (Å²) in [4.78, 5) is 18.2. The average Bonchev–Trinajstić information content (AvgIpc) is 3.32. The lowest BCUT2D eigenvalue weighted by molar-refractivity contribution is -0.128. The zero-order valence-corrected chi connectivity index (χ0v) is 21.2. The lowest BCUT2D eigenvalue weighted by Gasteiger charge is -2.32. The van der Waals surface area contributed by atoms with Crippen LogP contribution >= 0.6 is 24.0 Å². The number of rotatable bonds is 8. The Bertz CT molecular complexity index is 696. The monoisotopic (exact) mass is 526 g/mol. The summed E-state index contributed by atoms with van der Waals surface area (Å²) in [6, 6.07) is 8.56. The standard InChI is InChI=1S/C24H38N4O.HI/c1-19(2)15-24(12-4-5-13-24)18-27-23(25-3)26-16-20-8-10-21(11-9-20)17-28-14-6-7-22(28)29;/h8-11,19H,4-7,12-18H2,1-3H3,(H2,25,26,27);1H. The molecule has 0 radical (unpaired) electrons. The molecule has 2 aliphatic rings. The van der Waals surface area contributed by atoms with Crippen LogP contribution in [0.4, 0.5) is 0 Å². The molecule has 1 amide bonds. The Kier molecular flexibility index (Phi) is 9.91. The molecule has 1 aliphatic carbocycles. The molecule has 1 saturated carbocycles. The van der Waals surface area contributed by atoms with E-state index in [4.69, 9.17) is 0 Å². The summed E-state index contributed by atoms with van der Waals surface area (Å²) >= 11 is 0. The molecule has 1 aliphatic heterocycles. The Morgan fingerprint density at radius 2 is 1.77 bits per heavy atom. The van der Waals surface area contributed by atoms with E-state index >= 15 is 0 Å². The van der Waals surface area contributed by atoms with E-state index in [2.05, 4.69) is 53.7 Å². The van der Waals surface area contributed by atoms with E-state index in [1.54, 1.807) is 0 Å². The molecule has 0 atom stereocenters. The number of carbonyl (C=O) groups is 1. The van der Waals surface area contributed by atoms with Crippen molar-refractivity contribution in [1.29, 1.82) is 0 Å². The number of guanidine groups is 1. The van der Waals surface area contributed by atoms with Gasteiger partial charge in [-0.2, -0.15) is 0 Å². The third-order valence-electron chi connectivity index (χ3n) is 6.39. The maximum atomic E-state index is 11.8. The van der Waals surface area contributed by atoms with Crippen LogP contribution in [0.3, 0.4) is 0 Å². The summed E-state index contributed by atoms with van der Waals surface area (Å²) in [6.07, 6.45) is 8.36. The molecule has 1 aromatic rings. The zero-order valence-electron chi connectivity index (χ0n) is 18.9. The van der Waals surface area contributed by atoms with Crippen molar-refractivity contribution in [3.8, 4) is 0 Å². The first-order chi connectivity index (χ1) is 14.0. The Morgan fingerprint density at radius 1 is 1.10 bits per heavy atom. The van der Waals surface area contributed by atoms with Gasteiger partial charge in [0.05, 0.1) is 0 Å². The number of hydrogen-bond acceptors (Lipinski definition) is 2. The van der Waals surface area contributed by atoms with Crippen LogP contribution in [-0.2, 0) is 17.9 Å². The number of benzene rings is 1. The number of hydrogen-bond donors (Lipinski definition) is 2. The number of likely N-dealkylation sites (tertiary alicyclic amines) is 1. The van der Waals surface area contributed by atoms with E-state index in [0.717, 1.165) is 44.5 Å². The van der Waals surface area contributed by atoms with Crippen molar-refractivity contribution in [2.75, 3.05) is 20.1 Å². The summed E-state index contributed by atoms with van der Waals surface area (Å²) in [5.41, 5.74) is 2.85. The number of amides is 1. The van der Waals surface area contributed by atoms with Gasteiger partial charge in [-0.05, 0) is 48.1 Å². The molecule has 0 bridgehead atoms. The van der Waals surface area contributed by atoms with E-state index in [-0.39, 0.29) is 29.9 Å². The molecule has 6 heteroatoms. The summed E-state index contributed by atoms with van der Waals surface area (Å²) in [5, 5.41) is 7.04. The van der Waals surface area contributed by atoms with Crippen LogP contribution in [-0.4, -0.2) is 36.9 Å². The number of carbonyl (C=O) groups excluding carboxylic acids is 1. The van der Waals surface area contributed by atoms with Gasteiger partial charge in [0, 0.05) is 39.6 Å². The molecule has 0 aromatic heterocycles. The second-order valence-electron chi connectivity index (χ2n) is 9.32. The molecule has 0 unspecified atom stereocenters. The van der Waals surface area contributed by atoms with Crippen LogP contribution in [0.2, 0.25) is 0 Å². The smallest absolute Gasteiger partial charge is 0.222 e. The highest BCUT2D eigenvalue weighted by atomic mass is 127. The highest BCUT2D eigenvalue weighted by molar-refractivity contribution is 14.0. The quantitative estimate of drug-likeness (QED) is 0.294. The van der Waals surface area contributed by atoms with Gasteiger partial charge in [-0.15, -0.1) is 24.0 Å². The number of nitrogens with one attached hydrogen (secondary N) is 2. The minimum atomic E-state index is 0. The van der Waals surface area contributed by atoms with Gasteiger partial charge < -0.3 is 15.5 Å². The largest absolute Gasteiger partial charge is 0.356 e. The fourth-order valence-corrected chi connectivity index (χ4v) is 4.98. The highest BCUT2D eigenvalue weighted by Gasteiger charge is 2.34. The van der Waals surface area contributed by atoms with Gasteiger partial charge in [0.25, 0.3) is 0 Å². The predicted molar refractivity (Wildman–Crippen MR) is 135 cm³/mol. The van der Waals surface area contributed by atoms with Crippen LogP contribution < -0.4 is 10.6 Å². The van der Waals surface area contributed by atoms with Crippen LogP contribution in [0.15, 0.2) is 29.3 Å². The van der Waals surface area contributed by atoms with Crippen molar-refractivity contribution in [2.24, 2.45) is 16.3 Å². The van der Waals surface area contributed by atoms with Gasteiger partial charge in [0.1, 0.15) is 0 Å². The van der Waals surface area contributed by atoms with Gasteiger partial charge in [-0.25, -0.2) is 0 Å². The molecule has 3 rings (SSSR count). The Morgan fingerprint density at radius 3 is 2.33 bits per heavy atom. The second-order valence-corrected chi connectivity index (χ2v) is 9.32. The fourth-order valence-electron chi connectivity index (χ4n) is 4.98. The molecule has 5 nitrogen and oxygen atoms in total. The maximum Gasteiger partial charge on any atom is 0.222 e. The average molecular weight is 527 g/mol. The van der Waals surface area contributed by atoms with Gasteiger partial charge in [-0.3, -0.25) is 9.79 Å². The van der Waals surface area contributed by atoms with E-state index in [1.165, 1.54) is 43.2 Å². The first-order valence-electron chi connectivity index (χ1n) is 11.3. The van der Waals surface area contributed by atoms with Gasteiger partial charge in [0.2, 0.25) is 5.91 Å². The normalized spacial score (nSPS) is 18.6. The summed E-state index contributed by atoms with van der Waals surface area (Å²) in [5.74, 6) is 1.90. The van der Waals surface area contributed by atoms with Crippen LogP contribution in [0.25, 0.3) is 0 Å². The molecular weight excluding hydrogens is 487 g/mol. The summed E-state index contributed by atoms with van der Waals surface area (Å²) < 4.78 is 0. The molecule has 0 spiro atoms. The Labute approximate surface area is 199 Å². The molecule has 1 aromatic carbocycles. The molecule has 2 fully saturated rings. The Balaban J connectivity index is 0.00000320.